The van der Waals surface area contributed by atoms with Gasteiger partial charge in [-0.2, -0.15) is 0 Å². The first-order chi connectivity index (χ1) is 16.1. The fraction of sp³-hybridized carbons (Fsp3) is 0.429. The van der Waals surface area contributed by atoms with Crippen molar-refractivity contribution in [3.8, 4) is 11.5 Å². The molecule has 0 bridgehead atoms. The van der Waals surface area contributed by atoms with Gasteiger partial charge in [-0.15, -0.1) is 0 Å². The number of amides is 1. The van der Waals surface area contributed by atoms with Gasteiger partial charge in [-0.3, -0.25) is 9.59 Å². The lowest BCUT2D eigenvalue weighted by Gasteiger charge is -2.35. The first-order valence-corrected chi connectivity index (χ1v) is 11.9. The van der Waals surface area contributed by atoms with Gasteiger partial charge in [0.05, 0.1) is 18.7 Å². The van der Waals surface area contributed by atoms with Crippen LogP contribution in [-0.2, 0) is 15.0 Å². The molecule has 4 rings (SSSR count). The number of aliphatic hydroxyl groups excluding tert-OH is 1. The van der Waals surface area contributed by atoms with Crippen LogP contribution >= 0.6 is 0 Å². The zero-order valence-electron chi connectivity index (χ0n) is 20.3. The number of phenolic OH excluding ortho intramolecular Hbond substituents is 1. The van der Waals surface area contributed by atoms with E-state index in [4.69, 9.17) is 4.74 Å². The second-order valence-corrected chi connectivity index (χ2v) is 10.3. The van der Waals surface area contributed by atoms with E-state index in [2.05, 4.69) is 0 Å². The Balaban J connectivity index is 1.90. The van der Waals surface area contributed by atoms with E-state index in [-0.39, 0.29) is 28.5 Å². The van der Waals surface area contributed by atoms with Crippen molar-refractivity contribution in [1.82, 2.24) is 4.90 Å². The molecule has 2 aromatic rings. The number of phenols is 1. The second-order valence-electron chi connectivity index (χ2n) is 10.3. The topological polar surface area (TPSA) is 87.1 Å². The molecule has 1 saturated heterocycles. The fourth-order valence-electron chi connectivity index (χ4n) is 5.20. The summed E-state index contributed by atoms with van der Waals surface area (Å²) in [7, 11) is 1.60. The SMILES string of the molecule is COc1ccc(/C(O)=C2/C(=O)C(=O)N(C3CCCCC3)C2c2cccc(O)c2)cc1C(C)(C)C. The van der Waals surface area contributed by atoms with E-state index in [1.54, 1.807) is 48.4 Å². The van der Waals surface area contributed by atoms with Crippen LogP contribution in [0.2, 0.25) is 0 Å². The Morgan fingerprint density at radius 2 is 1.74 bits per heavy atom. The van der Waals surface area contributed by atoms with E-state index in [0.717, 1.165) is 37.7 Å². The zero-order valence-corrected chi connectivity index (χ0v) is 20.3. The monoisotopic (exact) mass is 463 g/mol. The maximum atomic E-state index is 13.4. The summed E-state index contributed by atoms with van der Waals surface area (Å²) in [5.74, 6) is -0.753. The summed E-state index contributed by atoms with van der Waals surface area (Å²) in [5.41, 5.74) is 1.75. The number of carbonyl (C=O) groups is 2. The predicted molar refractivity (Wildman–Crippen MR) is 131 cm³/mol. The lowest BCUT2D eigenvalue weighted by Crippen LogP contribution is -2.40. The van der Waals surface area contributed by atoms with E-state index in [0.29, 0.717) is 16.9 Å². The third-order valence-corrected chi connectivity index (χ3v) is 6.92. The number of aliphatic hydroxyl groups is 1. The van der Waals surface area contributed by atoms with Crippen LogP contribution < -0.4 is 4.74 Å². The Bertz CT molecular complexity index is 1140. The molecule has 2 fully saturated rings. The van der Waals surface area contributed by atoms with E-state index in [1.807, 2.05) is 26.8 Å². The number of rotatable bonds is 4. The normalized spacial score (nSPS) is 21.2. The molecule has 1 saturated carbocycles. The molecule has 2 N–H and O–H groups in total. The maximum Gasteiger partial charge on any atom is 0.295 e. The molecule has 6 heteroatoms. The van der Waals surface area contributed by atoms with Gasteiger partial charge in [0, 0.05) is 17.2 Å². The summed E-state index contributed by atoms with van der Waals surface area (Å²) in [6.45, 7) is 6.14. The summed E-state index contributed by atoms with van der Waals surface area (Å²) >= 11 is 0. The number of ketones is 1. The highest BCUT2D eigenvalue weighted by molar-refractivity contribution is 6.46. The molecule has 0 aromatic heterocycles. The molecule has 0 radical (unpaired) electrons. The Morgan fingerprint density at radius 1 is 1.03 bits per heavy atom. The summed E-state index contributed by atoms with van der Waals surface area (Å²) in [5, 5.41) is 21.6. The molecule has 6 nitrogen and oxygen atoms in total. The van der Waals surface area contributed by atoms with Crippen LogP contribution in [-0.4, -0.2) is 40.0 Å². The van der Waals surface area contributed by atoms with Crippen LogP contribution in [0, 0.1) is 0 Å². The van der Waals surface area contributed by atoms with E-state index in [1.165, 1.54) is 0 Å². The van der Waals surface area contributed by atoms with Crippen molar-refractivity contribution in [3.63, 3.8) is 0 Å². The lowest BCUT2D eigenvalue weighted by molar-refractivity contribution is -0.141. The largest absolute Gasteiger partial charge is 0.508 e. The molecule has 2 aliphatic rings. The Kier molecular flexibility index (Phi) is 6.43. The minimum absolute atomic E-state index is 0.0474. The van der Waals surface area contributed by atoms with Gasteiger partial charge in [-0.1, -0.05) is 52.2 Å². The fourth-order valence-corrected chi connectivity index (χ4v) is 5.20. The molecule has 1 aliphatic heterocycles. The quantitative estimate of drug-likeness (QED) is 0.358. The smallest absolute Gasteiger partial charge is 0.295 e. The molecule has 1 atom stereocenters. The van der Waals surface area contributed by atoms with E-state index < -0.39 is 17.7 Å². The number of aromatic hydroxyl groups is 1. The van der Waals surface area contributed by atoms with Crippen molar-refractivity contribution in [2.24, 2.45) is 0 Å². The standard InChI is InChI=1S/C28H33NO5/c1-28(2,3)21-16-18(13-14-22(21)34-4)25(31)23-24(17-9-8-12-20(30)15-17)29(27(33)26(23)32)19-10-6-5-7-11-19/h8-9,12-16,19,24,30-31H,5-7,10-11H2,1-4H3/b25-23-. The Hall–Kier alpha value is -3.28. The average Bonchev–Trinajstić information content (AvgIpc) is 3.08. The number of methoxy groups -OCH3 is 1. The number of ether oxygens (including phenoxy) is 1. The highest BCUT2D eigenvalue weighted by Crippen LogP contribution is 2.44. The zero-order chi connectivity index (χ0) is 24.6. The van der Waals surface area contributed by atoms with Crippen molar-refractivity contribution in [3.05, 3.63) is 64.7 Å². The molecular weight excluding hydrogens is 430 g/mol. The highest BCUT2D eigenvalue weighted by Gasteiger charge is 2.49. The number of nitrogens with zero attached hydrogens (tertiary/aromatic N) is 1. The Labute approximate surface area is 200 Å². The number of hydrogen-bond donors (Lipinski definition) is 2. The minimum Gasteiger partial charge on any atom is -0.508 e. The van der Waals surface area contributed by atoms with E-state index >= 15 is 0 Å². The number of likely N-dealkylation sites (tertiary alicyclic amines) is 1. The molecule has 1 aliphatic carbocycles. The van der Waals surface area contributed by atoms with Gasteiger partial charge in [0.15, 0.2) is 0 Å². The van der Waals surface area contributed by atoms with Gasteiger partial charge in [-0.25, -0.2) is 0 Å². The molecule has 180 valence electrons. The van der Waals surface area contributed by atoms with Crippen LogP contribution in [0.5, 0.6) is 11.5 Å². The number of carbonyl (C=O) groups excluding carboxylic acids is 2. The minimum atomic E-state index is -0.754. The van der Waals surface area contributed by atoms with Crippen molar-refractivity contribution < 1.29 is 24.5 Å². The van der Waals surface area contributed by atoms with Gasteiger partial charge in [0.25, 0.3) is 11.7 Å². The number of hydrogen-bond acceptors (Lipinski definition) is 5. The first kappa shape index (κ1) is 23.9. The molecule has 2 aromatic carbocycles. The van der Waals surface area contributed by atoms with Crippen molar-refractivity contribution >= 4 is 17.4 Å². The van der Waals surface area contributed by atoms with Gasteiger partial charge in [0.2, 0.25) is 0 Å². The molecule has 0 spiro atoms. The molecule has 1 unspecified atom stereocenters. The molecular formula is C28H33NO5. The number of benzene rings is 2. The van der Waals surface area contributed by atoms with Crippen LogP contribution in [0.15, 0.2) is 48.0 Å². The highest BCUT2D eigenvalue weighted by atomic mass is 16.5. The number of Topliss-reactive ketones (excluding diaryl/α,β-unsaturated/α-hetero) is 1. The lowest BCUT2D eigenvalue weighted by atomic mass is 9.84. The van der Waals surface area contributed by atoms with Crippen molar-refractivity contribution in [2.45, 2.75) is 70.4 Å². The van der Waals surface area contributed by atoms with Gasteiger partial charge < -0.3 is 19.8 Å². The third-order valence-electron chi connectivity index (χ3n) is 6.92. The van der Waals surface area contributed by atoms with Crippen molar-refractivity contribution in [2.75, 3.05) is 7.11 Å². The summed E-state index contributed by atoms with van der Waals surface area (Å²) < 4.78 is 5.52. The third kappa shape index (κ3) is 4.29. The Morgan fingerprint density at radius 3 is 2.35 bits per heavy atom. The summed E-state index contributed by atoms with van der Waals surface area (Å²) in [4.78, 5) is 28.3. The summed E-state index contributed by atoms with van der Waals surface area (Å²) in [6, 6.07) is 11.1. The van der Waals surface area contributed by atoms with E-state index in [9.17, 15) is 19.8 Å². The average molecular weight is 464 g/mol. The van der Waals surface area contributed by atoms with Crippen LogP contribution in [0.4, 0.5) is 0 Å². The van der Waals surface area contributed by atoms with Gasteiger partial charge >= 0.3 is 0 Å². The van der Waals surface area contributed by atoms with Gasteiger partial charge in [-0.05, 0) is 54.2 Å². The van der Waals surface area contributed by atoms with Gasteiger partial charge in [0.1, 0.15) is 17.3 Å². The molecule has 1 amide bonds. The molecule has 1 heterocycles. The van der Waals surface area contributed by atoms with Crippen LogP contribution in [0.25, 0.3) is 5.76 Å². The predicted octanol–water partition coefficient (Wildman–Crippen LogP) is 5.45. The van der Waals surface area contributed by atoms with Crippen LogP contribution in [0.1, 0.15) is 75.6 Å². The molecule has 34 heavy (non-hydrogen) atoms. The first-order valence-electron chi connectivity index (χ1n) is 11.9. The van der Waals surface area contributed by atoms with Crippen LogP contribution in [0.3, 0.4) is 0 Å². The van der Waals surface area contributed by atoms with Crippen molar-refractivity contribution in [1.29, 1.82) is 0 Å². The summed E-state index contributed by atoms with van der Waals surface area (Å²) in [6.07, 6.45) is 4.73. The second kappa shape index (κ2) is 9.16. The maximum absolute atomic E-state index is 13.4.